The highest BCUT2D eigenvalue weighted by Crippen LogP contribution is 2.33. The van der Waals surface area contributed by atoms with Crippen molar-refractivity contribution in [2.45, 2.75) is 59.0 Å². The van der Waals surface area contributed by atoms with Crippen LogP contribution in [0.5, 0.6) is 0 Å². The van der Waals surface area contributed by atoms with E-state index in [0.717, 1.165) is 31.8 Å². The number of aromatic nitrogens is 2. The van der Waals surface area contributed by atoms with E-state index in [-0.39, 0.29) is 0 Å². The smallest absolute Gasteiger partial charge is 0.0624 e. The third-order valence-corrected chi connectivity index (χ3v) is 3.67. The molecule has 0 aliphatic heterocycles. The normalized spacial score (nSPS) is 17.4. The van der Waals surface area contributed by atoms with Gasteiger partial charge < -0.3 is 5.32 Å². The number of likely N-dealkylation sites (N-methyl/N-ethyl adjacent to an activating group) is 1. The Morgan fingerprint density at radius 3 is 2.65 bits per heavy atom. The summed E-state index contributed by atoms with van der Waals surface area (Å²) in [6.07, 6.45) is 4.90. The second kappa shape index (κ2) is 5.67. The maximum absolute atomic E-state index is 4.71. The van der Waals surface area contributed by atoms with Crippen LogP contribution in [0.25, 0.3) is 0 Å². The van der Waals surface area contributed by atoms with Crippen molar-refractivity contribution >= 4 is 0 Å². The van der Waals surface area contributed by atoms with Gasteiger partial charge in [-0.25, -0.2) is 0 Å². The highest BCUT2D eigenvalue weighted by molar-refractivity contribution is 5.10. The molecule has 0 aromatic carbocycles. The molecular weight excluding hydrogens is 210 g/mol. The van der Waals surface area contributed by atoms with Crippen molar-refractivity contribution in [3.8, 4) is 0 Å². The van der Waals surface area contributed by atoms with Crippen LogP contribution in [0, 0.1) is 5.92 Å². The first-order chi connectivity index (χ1) is 8.28. The lowest BCUT2D eigenvalue weighted by Gasteiger charge is -2.18. The lowest BCUT2D eigenvalue weighted by molar-refractivity contribution is 0.389. The van der Waals surface area contributed by atoms with Crippen LogP contribution in [0.2, 0.25) is 0 Å². The van der Waals surface area contributed by atoms with Crippen molar-refractivity contribution in [1.29, 1.82) is 0 Å². The first-order valence-electron chi connectivity index (χ1n) is 7.07. The molecule has 17 heavy (non-hydrogen) atoms. The molecule has 0 saturated heterocycles. The molecule has 1 atom stereocenters. The molecule has 3 nitrogen and oxygen atoms in total. The van der Waals surface area contributed by atoms with E-state index < -0.39 is 0 Å². The molecule has 96 valence electrons. The summed E-state index contributed by atoms with van der Waals surface area (Å²) >= 11 is 0. The summed E-state index contributed by atoms with van der Waals surface area (Å²) in [5, 5.41) is 8.32. The molecule has 1 aromatic rings. The maximum atomic E-state index is 4.71. The maximum Gasteiger partial charge on any atom is 0.0624 e. The summed E-state index contributed by atoms with van der Waals surface area (Å²) in [6.45, 7) is 8.68. The minimum absolute atomic E-state index is 0.620. The number of nitrogens with zero attached hydrogens (tertiary/aromatic N) is 2. The van der Waals surface area contributed by atoms with Crippen LogP contribution < -0.4 is 5.32 Å². The number of hydrogen-bond acceptors (Lipinski definition) is 2. The van der Waals surface area contributed by atoms with Gasteiger partial charge in [0.25, 0.3) is 0 Å². The molecule has 1 unspecified atom stereocenters. The Kier molecular flexibility index (Phi) is 4.21. The van der Waals surface area contributed by atoms with Gasteiger partial charge in [0.15, 0.2) is 0 Å². The van der Waals surface area contributed by atoms with Gasteiger partial charge in [-0.2, -0.15) is 5.10 Å². The first-order valence-corrected chi connectivity index (χ1v) is 7.07. The predicted molar refractivity (Wildman–Crippen MR) is 71.2 cm³/mol. The Balaban J connectivity index is 2.06. The van der Waals surface area contributed by atoms with E-state index in [4.69, 9.17) is 5.10 Å². The Morgan fingerprint density at radius 1 is 1.35 bits per heavy atom. The van der Waals surface area contributed by atoms with Crippen LogP contribution >= 0.6 is 0 Å². The van der Waals surface area contributed by atoms with Crippen LogP contribution in [-0.2, 0) is 19.4 Å². The van der Waals surface area contributed by atoms with Crippen LogP contribution in [0.4, 0.5) is 0 Å². The van der Waals surface area contributed by atoms with Gasteiger partial charge in [-0.3, -0.25) is 4.68 Å². The summed E-state index contributed by atoms with van der Waals surface area (Å²) < 4.78 is 2.23. The van der Waals surface area contributed by atoms with E-state index in [1.54, 1.807) is 0 Å². The monoisotopic (exact) mass is 235 g/mol. The fourth-order valence-electron chi connectivity index (χ4n) is 2.46. The van der Waals surface area contributed by atoms with E-state index in [1.165, 1.54) is 24.2 Å². The highest BCUT2D eigenvalue weighted by Gasteiger charge is 2.31. The van der Waals surface area contributed by atoms with Crippen LogP contribution in [0.15, 0.2) is 6.07 Å². The lowest BCUT2D eigenvalue weighted by Crippen LogP contribution is -2.35. The topological polar surface area (TPSA) is 29.9 Å². The van der Waals surface area contributed by atoms with Gasteiger partial charge in [-0.05, 0) is 44.2 Å². The number of nitrogens with one attached hydrogen (secondary N) is 1. The Morgan fingerprint density at radius 2 is 2.12 bits per heavy atom. The summed E-state index contributed by atoms with van der Waals surface area (Å²) in [6, 6.07) is 2.88. The van der Waals surface area contributed by atoms with Gasteiger partial charge in [-0.15, -0.1) is 0 Å². The van der Waals surface area contributed by atoms with Crippen molar-refractivity contribution in [3.63, 3.8) is 0 Å². The molecule has 1 saturated carbocycles. The Bertz CT molecular complexity index is 352. The quantitative estimate of drug-likeness (QED) is 0.786. The predicted octanol–water partition coefficient (Wildman–Crippen LogP) is 2.40. The first kappa shape index (κ1) is 12.6. The van der Waals surface area contributed by atoms with Crippen molar-refractivity contribution in [2.75, 3.05) is 6.54 Å². The molecule has 1 N–H and O–H groups in total. The second-order valence-electron chi connectivity index (χ2n) is 5.02. The van der Waals surface area contributed by atoms with Gasteiger partial charge >= 0.3 is 0 Å². The van der Waals surface area contributed by atoms with Gasteiger partial charge in [0.2, 0.25) is 0 Å². The van der Waals surface area contributed by atoms with E-state index in [0.29, 0.717) is 6.04 Å². The standard InChI is InChI=1S/C14H25N3/c1-4-12-9-13(5-2)17(16-12)10-14(15-6-3)11-7-8-11/h9,11,14-15H,4-8,10H2,1-3H3. The molecule has 1 aliphatic carbocycles. The van der Waals surface area contributed by atoms with Gasteiger partial charge in [-0.1, -0.05) is 20.8 Å². The molecule has 3 heteroatoms. The van der Waals surface area contributed by atoms with E-state index in [2.05, 4.69) is 36.8 Å². The van der Waals surface area contributed by atoms with E-state index in [1.807, 2.05) is 0 Å². The lowest BCUT2D eigenvalue weighted by atomic mass is 10.2. The molecule has 0 spiro atoms. The summed E-state index contributed by atoms with van der Waals surface area (Å²) in [5.41, 5.74) is 2.61. The third kappa shape index (κ3) is 3.09. The summed E-state index contributed by atoms with van der Waals surface area (Å²) in [7, 11) is 0. The summed E-state index contributed by atoms with van der Waals surface area (Å²) in [4.78, 5) is 0. The number of rotatable bonds is 7. The van der Waals surface area contributed by atoms with Crippen molar-refractivity contribution in [3.05, 3.63) is 17.5 Å². The van der Waals surface area contributed by atoms with Crippen molar-refractivity contribution in [1.82, 2.24) is 15.1 Å². The minimum Gasteiger partial charge on any atom is -0.312 e. The fourth-order valence-corrected chi connectivity index (χ4v) is 2.46. The SMILES string of the molecule is CCNC(Cn1nc(CC)cc1CC)C1CC1. The number of aryl methyl sites for hydroxylation is 2. The average Bonchev–Trinajstić information content (AvgIpc) is 3.10. The zero-order chi connectivity index (χ0) is 12.3. The molecule has 0 bridgehead atoms. The van der Waals surface area contributed by atoms with Gasteiger partial charge in [0.1, 0.15) is 0 Å². The molecule has 1 aliphatic rings. The number of hydrogen-bond donors (Lipinski definition) is 1. The van der Waals surface area contributed by atoms with Crippen LogP contribution in [-0.4, -0.2) is 22.4 Å². The van der Waals surface area contributed by atoms with Gasteiger partial charge in [0, 0.05) is 11.7 Å². The van der Waals surface area contributed by atoms with Crippen LogP contribution in [0.1, 0.15) is 45.0 Å². The summed E-state index contributed by atoms with van der Waals surface area (Å²) in [5.74, 6) is 0.883. The fraction of sp³-hybridized carbons (Fsp3) is 0.786. The Labute approximate surface area is 105 Å². The van der Waals surface area contributed by atoms with Crippen molar-refractivity contribution in [2.24, 2.45) is 5.92 Å². The third-order valence-electron chi connectivity index (χ3n) is 3.67. The molecule has 1 aromatic heterocycles. The second-order valence-corrected chi connectivity index (χ2v) is 5.02. The minimum atomic E-state index is 0.620. The zero-order valence-corrected chi connectivity index (χ0v) is 11.4. The molecule has 1 heterocycles. The molecule has 0 radical (unpaired) electrons. The molecular formula is C14H25N3. The van der Waals surface area contributed by atoms with E-state index in [9.17, 15) is 0 Å². The molecule has 2 rings (SSSR count). The average molecular weight is 235 g/mol. The van der Waals surface area contributed by atoms with Crippen molar-refractivity contribution < 1.29 is 0 Å². The van der Waals surface area contributed by atoms with E-state index >= 15 is 0 Å². The van der Waals surface area contributed by atoms with Gasteiger partial charge in [0.05, 0.1) is 12.2 Å². The largest absolute Gasteiger partial charge is 0.312 e. The Hall–Kier alpha value is -0.830. The zero-order valence-electron chi connectivity index (χ0n) is 11.4. The van der Waals surface area contributed by atoms with Crippen LogP contribution in [0.3, 0.4) is 0 Å². The molecule has 0 amide bonds. The highest BCUT2D eigenvalue weighted by atomic mass is 15.3. The molecule has 1 fully saturated rings.